The Morgan fingerprint density at radius 1 is 1.11 bits per heavy atom. The lowest BCUT2D eigenvalue weighted by atomic mass is 9.83. The summed E-state index contributed by atoms with van der Waals surface area (Å²) in [5.74, 6) is -4.18. The van der Waals surface area contributed by atoms with Crippen LogP contribution in [0, 0.1) is 18.4 Å². The van der Waals surface area contributed by atoms with E-state index in [9.17, 15) is 45.3 Å². The second-order valence-electron chi connectivity index (χ2n) is 8.66. The van der Waals surface area contributed by atoms with Gasteiger partial charge in [-0.3, -0.25) is 0 Å². The Morgan fingerprint density at radius 3 is 2.43 bits per heavy atom. The van der Waals surface area contributed by atoms with Gasteiger partial charge >= 0.3 is 5.97 Å². The fraction of sp³-hybridized carbons (Fsp3) is 0.458. The van der Waals surface area contributed by atoms with E-state index in [-0.39, 0.29) is 24.3 Å². The summed E-state index contributed by atoms with van der Waals surface area (Å²) >= 11 is 0. The fourth-order valence-corrected chi connectivity index (χ4v) is 4.23. The molecule has 0 radical (unpaired) electrons. The molecule has 1 saturated heterocycles. The number of aliphatic carboxylic acids is 2. The number of carboxylic acid groups (broad SMARTS) is 2. The number of allylic oxidation sites excluding steroid dienone is 4. The molecule has 9 atom stereocenters. The van der Waals surface area contributed by atoms with Crippen LogP contribution in [0.1, 0.15) is 0 Å². The predicted octanol–water partition coefficient (Wildman–Crippen LogP) is -2.95. The third-order valence-corrected chi connectivity index (χ3v) is 6.21. The standard InChI is InChI=1S/C24H31NO12/c1-2-14-15(4-3-12-7-13(21(31)32)9-25(8-12)5-6-26)16(22(33)34)11-35-23(14)37-24-20(30)19(29)18(28)17(10-27)36-24/h2-4,7-9,11,14-15,17-20,23-30H,1,5-6,10H2,(H,31,32)(H,33,34)/b4-3+/t14-,15-,17+,18-,19-,20+,23+,24-/m0/s1. The molecule has 3 aliphatic rings. The molecule has 3 rings (SSSR count). The van der Waals surface area contributed by atoms with Crippen molar-refractivity contribution in [2.45, 2.75) is 37.0 Å². The minimum Gasteiger partial charge on any atom is -0.535 e. The van der Waals surface area contributed by atoms with Crippen molar-refractivity contribution in [3.8, 4) is 0 Å². The van der Waals surface area contributed by atoms with Crippen LogP contribution in [-0.2, 0) is 23.8 Å². The van der Waals surface area contributed by atoms with Crippen molar-refractivity contribution in [2.75, 3.05) is 19.8 Å². The van der Waals surface area contributed by atoms with Gasteiger partial charge in [-0.1, -0.05) is 23.8 Å². The highest BCUT2D eigenvalue weighted by atomic mass is 16.8. The molecule has 1 fully saturated rings. The molecule has 37 heavy (non-hydrogen) atoms. The molecule has 8 N–H and O–H groups in total. The van der Waals surface area contributed by atoms with Gasteiger partial charge in [0.2, 0.25) is 12.3 Å². The first-order valence-electron chi connectivity index (χ1n) is 11.4. The van der Waals surface area contributed by atoms with Gasteiger partial charge in [-0.15, -0.1) is 12.7 Å². The van der Waals surface area contributed by atoms with Crippen LogP contribution in [-0.4, -0.2) is 104 Å². The molecule has 3 heterocycles. The van der Waals surface area contributed by atoms with E-state index in [1.54, 1.807) is 6.20 Å². The summed E-state index contributed by atoms with van der Waals surface area (Å²) in [6.07, 6.45) is -0.510. The summed E-state index contributed by atoms with van der Waals surface area (Å²) in [5, 5.41) is 68.0. The van der Waals surface area contributed by atoms with Gasteiger partial charge in [-0.25, -0.2) is 4.79 Å². The maximum atomic E-state index is 11.9. The summed E-state index contributed by atoms with van der Waals surface area (Å²) in [4.78, 5) is 24.0. The minimum atomic E-state index is -1.70. The Bertz CT molecular complexity index is 986. The number of carbonyl (C=O) groups is 2. The van der Waals surface area contributed by atoms with Gasteiger partial charge in [-0.2, -0.15) is 0 Å². The summed E-state index contributed by atoms with van der Waals surface area (Å²) < 4.78 is 16.5. The first kappa shape index (κ1) is 28.6. The molecule has 204 valence electrons. The zero-order valence-electron chi connectivity index (χ0n) is 19.7. The Morgan fingerprint density at radius 2 is 1.84 bits per heavy atom. The Hall–Kier alpha value is -3.01. The molecule has 0 aromatic rings. The van der Waals surface area contributed by atoms with E-state index < -0.39 is 67.4 Å². The van der Waals surface area contributed by atoms with E-state index in [2.05, 4.69) is 6.58 Å². The van der Waals surface area contributed by atoms with Crippen LogP contribution in [0.3, 0.4) is 0 Å². The van der Waals surface area contributed by atoms with Gasteiger partial charge in [0.1, 0.15) is 24.4 Å². The average molecular weight is 526 g/mol. The van der Waals surface area contributed by atoms with Crippen molar-refractivity contribution in [1.82, 2.24) is 0 Å². The second-order valence-corrected chi connectivity index (χ2v) is 8.66. The Balaban J connectivity index is 1.87. The molecular formula is C24H31NO12. The summed E-state index contributed by atoms with van der Waals surface area (Å²) in [7, 11) is 0. The minimum absolute atomic E-state index is 0.00400. The van der Waals surface area contributed by atoms with E-state index >= 15 is 0 Å². The SMILES string of the molecule is C=C[C@@H]1[C@@H](O[C@@H]2O[C@H](CO)[C@H](O)[C@H](O)[C@H]2O)OC=C(C(=O)O)[C@H]1/C=C/C1=C[NH+](CCO)[CH-]C(C(=O)O)=C1. The van der Waals surface area contributed by atoms with E-state index in [1.165, 1.54) is 30.8 Å². The van der Waals surface area contributed by atoms with Crippen molar-refractivity contribution in [3.05, 3.63) is 66.6 Å². The van der Waals surface area contributed by atoms with Gasteiger partial charge in [0.25, 0.3) is 0 Å². The van der Waals surface area contributed by atoms with Gasteiger partial charge in [0.15, 0.2) is 6.29 Å². The maximum Gasteiger partial charge on any atom is 0.335 e. The molecule has 0 aliphatic carbocycles. The number of quaternary nitrogens is 1. The lowest BCUT2D eigenvalue weighted by Crippen LogP contribution is -3.06. The van der Waals surface area contributed by atoms with Crippen molar-refractivity contribution in [2.24, 2.45) is 11.8 Å². The lowest BCUT2D eigenvalue weighted by Gasteiger charge is -2.42. The topological polar surface area (TPSA) is 208 Å². The smallest absolute Gasteiger partial charge is 0.335 e. The zero-order chi connectivity index (χ0) is 27.3. The van der Waals surface area contributed by atoms with Crippen LogP contribution in [0.25, 0.3) is 0 Å². The third-order valence-electron chi connectivity index (χ3n) is 6.21. The Kier molecular flexibility index (Phi) is 9.64. The molecular weight excluding hydrogens is 494 g/mol. The highest BCUT2D eigenvalue weighted by Gasteiger charge is 2.47. The molecule has 0 spiro atoms. The molecule has 13 nitrogen and oxygen atoms in total. The number of hydrogen-bond acceptors (Lipinski definition) is 10. The van der Waals surface area contributed by atoms with Gasteiger partial charge in [0.05, 0.1) is 43.7 Å². The molecule has 0 aromatic carbocycles. The highest BCUT2D eigenvalue weighted by Crippen LogP contribution is 2.36. The summed E-state index contributed by atoms with van der Waals surface area (Å²) in [5.41, 5.74) is 0.296. The summed E-state index contributed by atoms with van der Waals surface area (Å²) in [6, 6.07) is 0. The highest BCUT2D eigenvalue weighted by molar-refractivity contribution is 5.89. The van der Waals surface area contributed by atoms with Crippen molar-refractivity contribution >= 4 is 11.9 Å². The molecule has 3 aliphatic heterocycles. The first-order valence-corrected chi connectivity index (χ1v) is 11.4. The second kappa shape index (κ2) is 12.5. The van der Waals surface area contributed by atoms with E-state index in [0.717, 1.165) is 6.26 Å². The van der Waals surface area contributed by atoms with Crippen LogP contribution < -0.4 is 4.90 Å². The van der Waals surface area contributed by atoms with Gasteiger partial charge < -0.3 is 59.7 Å². The molecule has 1 unspecified atom stereocenters. The molecule has 13 heteroatoms. The van der Waals surface area contributed by atoms with Crippen molar-refractivity contribution in [1.29, 1.82) is 0 Å². The fourth-order valence-electron chi connectivity index (χ4n) is 4.23. The number of aliphatic hydroxyl groups excluding tert-OH is 5. The molecule has 0 saturated carbocycles. The predicted molar refractivity (Wildman–Crippen MR) is 123 cm³/mol. The molecule has 0 aromatic heterocycles. The molecule has 0 amide bonds. The van der Waals surface area contributed by atoms with Crippen molar-refractivity contribution < 1.29 is 64.4 Å². The van der Waals surface area contributed by atoms with Gasteiger partial charge in [0, 0.05) is 12.5 Å². The third kappa shape index (κ3) is 6.47. The monoisotopic (exact) mass is 525 g/mol. The van der Waals surface area contributed by atoms with Crippen LogP contribution in [0.5, 0.6) is 0 Å². The van der Waals surface area contributed by atoms with Gasteiger partial charge in [-0.05, 0) is 5.57 Å². The largest absolute Gasteiger partial charge is 0.535 e. The number of rotatable bonds is 10. The first-order chi connectivity index (χ1) is 17.6. The van der Waals surface area contributed by atoms with E-state index in [1.807, 2.05) is 0 Å². The summed E-state index contributed by atoms with van der Waals surface area (Å²) in [6.45, 7) is 4.54. The number of carboxylic acids is 2. The number of ether oxygens (including phenoxy) is 3. The lowest BCUT2D eigenvalue weighted by molar-refractivity contribution is -0.812. The van der Waals surface area contributed by atoms with Crippen LogP contribution in [0.4, 0.5) is 0 Å². The normalized spacial score (nSPS) is 36.0. The Labute approximate surface area is 212 Å². The number of aliphatic hydroxyl groups is 5. The van der Waals surface area contributed by atoms with E-state index in [4.69, 9.17) is 14.2 Å². The average Bonchev–Trinajstić information content (AvgIpc) is 2.87. The van der Waals surface area contributed by atoms with Crippen LogP contribution in [0.2, 0.25) is 0 Å². The quantitative estimate of drug-likeness (QED) is 0.106. The van der Waals surface area contributed by atoms with E-state index in [0.29, 0.717) is 10.5 Å². The zero-order valence-corrected chi connectivity index (χ0v) is 19.7. The number of nitrogens with one attached hydrogen (secondary N) is 1. The number of hydrogen-bond donors (Lipinski definition) is 8. The van der Waals surface area contributed by atoms with Crippen LogP contribution >= 0.6 is 0 Å². The van der Waals surface area contributed by atoms with Crippen LogP contribution in [0.15, 0.2) is 60.1 Å². The molecule has 0 bridgehead atoms. The van der Waals surface area contributed by atoms with Crippen molar-refractivity contribution in [3.63, 3.8) is 0 Å². The maximum absolute atomic E-state index is 11.9.